The van der Waals surface area contributed by atoms with Crippen molar-refractivity contribution >= 4 is 80.9 Å². The number of benzene rings is 3. The van der Waals surface area contributed by atoms with Gasteiger partial charge in [-0.25, -0.2) is 9.79 Å². The Balaban J connectivity index is 1.62. The average molecular weight is 595 g/mol. The van der Waals surface area contributed by atoms with E-state index < -0.39 is 5.97 Å². The van der Waals surface area contributed by atoms with E-state index in [1.165, 1.54) is 0 Å². The summed E-state index contributed by atoms with van der Waals surface area (Å²) in [4.78, 5) is 17.5. The van der Waals surface area contributed by atoms with Gasteiger partial charge in [-0.15, -0.1) is 0 Å². The molecule has 3 aromatic rings. The van der Waals surface area contributed by atoms with E-state index in [1.54, 1.807) is 55.5 Å². The molecule has 0 spiro atoms. The van der Waals surface area contributed by atoms with Gasteiger partial charge < -0.3 is 14.6 Å². The SMILES string of the molecule is CCOC(=O)C1=C(O)/C(=C/c2cc(Cl)c(OCc3ccc(Cl)c(Cl)c3)c(Cl)c2)SC1=Nc1ccccc1. The van der Waals surface area contributed by atoms with Gasteiger partial charge in [0.1, 0.15) is 23.0 Å². The molecule has 190 valence electrons. The van der Waals surface area contributed by atoms with Crippen LogP contribution in [0.1, 0.15) is 18.1 Å². The molecule has 1 aliphatic rings. The Labute approximate surface area is 238 Å². The van der Waals surface area contributed by atoms with Crippen LogP contribution in [0.3, 0.4) is 0 Å². The van der Waals surface area contributed by atoms with Crippen molar-refractivity contribution < 1.29 is 19.4 Å². The maximum Gasteiger partial charge on any atom is 0.344 e. The molecule has 0 aromatic heterocycles. The number of carbonyl (C=O) groups is 1. The summed E-state index contributed by atoms with van der Waals surface area (Å²) in [5.74, 6) is -0.591. The van der Waals surface area contributed by atoms with E-state index in [2.05, 4.69) is 4.99 Å². The predicted octanol–water partition coefficient (Wildman–Crippen LogP) is 9.07. The summed E-state index contributed by atoms with van der Waals surface area (Å²) in [5.41, 5.74) is 2.02. The average Bonchev–Trinajstić information content (AvgIpc) is 3.15. The van der Waals surface area contributed by atoms with Gasteiger partial charge in [-0.05, 0) is 60.5 Å². The summed E-state index contributed by atoms with van der Waals surface area (Å²) >= 11 is 26.1. The number of esters is 1. The minimum Gasteiger partial charge on any atom is -0.506 e. The summed E-state index contributed by atoms with van der Waals surface area (Å²) < 4.78 is 11.0. The van der Waals surface area contributed by atoms with Crippen molar-refractivity contribution in [1.29, 1.82) is 0 Å². The Kier molecular flexibility index (Phi) is 9.11. The van der Waals surface area contributed by atoms with Crippen molar-refractivity contribution in [1.82, 2.24) is 0 Å². The largest absolute Gasteiger partial charge is 0.506 e. The number of halogens is 4. The lowest BCUT2D eigenvalue weighted by atomic mass is 10.1. The van der Waals surface area contributed by atoms with Gasteiger partial charge in [-0.3, -0.25) is 0 Å². The van der Waals surface area contributed by atoms with Crippen LogP contribution in [0.15, 0.2) is 81.9 Å². The maximum atomic E-state index is 12.6. The second kappa shape index (κ2) is 12.3. The van der Waals surface area contributed by atoms with E-state index in [1.807, 2.05) is 18.2 Å². The molecule has 10 heteroatoms. The number of hydrogen-bond acceptors (Lipinski definition) is 6. The summed E-state index contributed by atoms with van der Waals surface area (Å²) in [7, 11) is 0. The lowest BCUT2D eigenvalue weighted by Crippen LogP contribution is -2.12. The Morgan fingerprint density at radius 2 is 1.68 bits per heavy atom. The number of aliphatic hydroxyl groups excluding tert-OH is 1. The number of rotatable bonds is 7. The number of aliphatic imine (C=N–C) groups is 1. The molecule has 0 bridgehead atoms. The molecule has 1 heterocycles. The monoisotopic (exact) mass is 593 g/mol. The zero-order valence-corrected chi connectivity index (χ0v) is 23.1. The number of carbonyl (C=O) groups excluding carboxylic acids is 1. The highest BCUT2D eigenvalue weighted by Gasteiger charge is 2.33. The Bertz CT molecular complexity index is 1410. The third-order valence-electron chi connectivity index (χ3n) is 5.04. The molecule has 1 aliphatic heterocycles. The smallest absolute Gasteiger partial charge is 0.344 e. The van der Waals surface area contributed by atoms with Crippen molar-refractivity contribution in [3.05, 3.63) is 108 Å². The highest BCUT2D eigenvalue weighted by atomic mass is 35.5. The fraction of sp³-hybridized carbons (Fsp3) is 0.111. The molecule has 5 nitrogen and oxygen atoms in total. The molecule has 0 unspecified atom stereocenters. The third kappa shape index (κ3) is 6.64. The maximum absolute atomic E-state index is 12.6. The van der Waals surface area contributed by atoms with Crippen LogP contribution in [0.2, 0.25) is 20.1 Å². The summed E-state index contributed by atoms with van der Waals surface area (Å²) in [6.07, 6.45) is 1.66. The van der Waals surface area contributed by atoms with E-state index in [9.17, 15) is 9.90 Å². The second-order valence-corrected chi connectivity index (χ2v) is 10.3. The van der Waals surface area contributed by atoms with Crippen molar-refractivity contribution in [2.75, 3.05) is 6.61 Å². The predicted molar refractivity (Wildman–Crippen MR) is 153 cm³/mol. The molecule has 37 heavy (non-hydrogen) atoms. The first-order valence-electron chi connectivity index (χ1n) is 11.0. The Morgan fingerprint density at radius 1 is 0.973 bits per heavy atom. The van der Waals surface area contributed by atoms with Crippen LogP contribution in [-0.4, -0.2) is 22.7 Å². The Morgan fingerprint density at radius 3 is 2.32 bits per heavy atom. The quantitative estimate of drug-likeness (QED) is 0.276. The first-order valence-corrected chi connectivity index (χ1v) is 13.3. The van der Waals surface area contributed by atoms with Crippen LogP contribution in [-0.2, 0) is 16.1 Å². The van der Waals surface area contributed by atoms with Crippen LogP contribution in [0, 0.1) is 0 Å². The van der Waals surface area contributed by atoms with Crippen LogP contribution in [0.5, 0.6) is 5.75 Å². The van der Waals surface area contributed by atoms with Gasteiger partial charge >= 0.3 is 5.97 Å². The van der Waals surface area contributed by atoms with E-state index in [4.69, 9.17) is 55.9 Å². The molecule has 0 saturated heterocycles. The highest BCUT2D eigenvalue weighted by molar-refractivity contribution is 8.18. The molecular formula is C27H19Cl4NO4S. The van der Waals surface area contributed by atoms with E-state index in [-0.39, 0.29) is 34.6 Å². The Hall–Kier alpha value is -2.61. The summed E-state index contributed by atoms with van der Waals surface area (Å²) in [6, 6.07) is 17.6. The number of thioether (sulfide) groups is 1. The standard InChI is InChI=1S/C27H19Cl4NO4S/c1-2-35-27(34)23-24(33)22(37-26(23)32-17-6-4-3-5-7-17)13-16-11-20(30)25(21(31)12-16)36-14-15-8-9-18(28)19(29)10-15/h3-13,33H,2,14H2,1H3/b22-13-,32-26?. The van der Waals surface area contributed by atoms with Gasteiger partial charge in [-0.1, -0.05) is 82.4 Å². The first kappa shape index (κ1) is 27.4. The number of para-hydroxylation sites is 1. The van der Waals surface area contributed by atoms with Crippen molar-refractivity contribution in [2.24, 2.45) is 4.99 Å². The molecule has 4 rings (SSSR count). The molecular weight excluding hydrogens is 576 g/mol. The number of hydrogen-bond donors (Lipinski definition) is 1. The fourth-order valence-electron chi connectivity index (χ4n) is 3.35. The first-order chi connectivity index (χ1) is 17.8. The zero-order chi connectivity index (χ0) is 26.5. The molecule has 0 saturated carbocycles. The van der Waals surface area contributed by atoms with Gasteiger partial charge in [0.25, 0.3) is 0 Å². The lowest BCUT2D eigenvalue weighted by molar-refractivity contribution is -0.138. The van der Waals surface area contributed by atoms with Gasteiger partial charge in [0.15, 0.2) is 5.75 Å². The van der Waals surface area contributed by atoms with Gasteiger partial charge in [0, 0.05) is 0 Å². The zero-order valence-electron chi connectivity index (χ0n) is 19.3. The normalized spacial score (nSPS) is 15.5. The van der Waals surface area contributed by atoms with E-state index >= 15 is 0 Å². The molecule has 1 N–H and O–H groups in total. The minimum atomic E-state index is -0.660. The van der Waals surface area contributed by atoms with Crippen molar-refractivity contribution in [3.8, 4) is 5.75 Å². The minimum absolute atomic E-state index is 0.000672. The molecule has 0 aliphatic carbocycles. The van der Waals surface area contributed by atoms with E-state index in [0.29, 0.717) is 37.0 Å². The number of nitrogens with zero attached hydrogens (tertiary/aromatic N) is 1. The molecule has 0 radical (unpaired) electrons. The summed E-state index contributed by atoms with van der Waals surface area (Å²) in [6.45, 7) is 2.03. The van der Waals surface area contributed by atoms with Crippen LogP contribution in [0.4, 0.5) is 5.69 Å². The van der Waals surface area contributed by atoms with Crippen molar-refractivity contribution in [2.45, 2.75) is 13.5 Å². The lowest BCUT2D eigenvalue weighted by Gasteiger charge is -2.12. The van der Waals surface area contributed by atoms with E-state index in [0.717, 1.165) is 17.3 Å². The molecule has 0 atom stereocenters. The topological polar surface area (TPSA) is 68.1 Å². The second-order valence-electron chi connectivity index (χ2n) is 7.66. The third-order valence-corrected chi connectivity index (χ3v) is 7.36. The van der Waals surface area contributed by atoms with Gasteiger partial charge in [0.05, 0.1) is 37.3 Å². The fourth-order valence-corrected chi connectivity index (χ4v) is 5.32. The van der Waals surface area contributed by atoms with Crippen LogP contribution < -0.4 is 4.74 Å². The highest BCUT2D eigenvalue weighted by Crippen LogP contribution is 2.42. The number of aliphatic hydroxyl groups is 1. The van der Waals surface area contributed by atoms with Crippen LogP contribution in [0.25, 0.3) is 6.08 Å². The molecule has 3 aromatic carbocycles. The summed E-state index contributed by atoms with van der Waals surface area (Å²) in [5, 5.41) is 12.6. The molecule has 0 fully saturated rings. The van der Waals surface area contributed by atoms with Crippen LogP contribution >= 0.6 is 58.2 Å². The number of ether oxygens (including phenoxy) is 2. The van der Waals surface area contributed by atoms with Crippen molar-refractivity contribution in [3.63, 3.8) is 0 Å². The molecule has 0 amide bonds. The van der Waals surface area contributed by atoms with Gasteiger partial charge in [0.2, 0.25) is 0 Å². The van der Waals surface area contributed by atoms with Gasteiger partial charge in [-0.2, -0.15) is 0 Å².